The van der Waals surface area contributed by atoms with E-state index in [2.05, 4.69) is 13.8 Å². The highest BCUT2D eigenvalue weighted by molar-refractivity contribution is 4.76. The normalized spacial score (nSPS) is 16.2. The number of ether oxygens (including phenoxy) is 1. The van der Waals surface area contributed by atoms with Crippen LogP contribution in [0.15, 0.2) is 0 Å². The predicted molar refractivity (Wildman–Crippen MR) is 54.6 cm³/mol. The SMILES string of the molecule is CC(C)COCCCC(C)(N)CO. The van der Waals surface area contributed by atoms with Crippen LogP contribution in [0.4, 0.5) is 0 Å². The lowest BCUT2D eigenvalue weighted by Gasteiger charge is -2.21. The van der Waals surface area contributed by atoms with Crippen LogP contribution >= 0.6 is 0 Å². The molecule has 0 aliphatic carbocycles. The van der Waals surface area contributed by atoms with Gasteiger partial charge in [-0.3, -0.25) is 0 Å². The summed E-state index contributed by atoms with van der Waals surface area (Å²) in [5, 5.41) is 8.87. The van der Waals surface area contributed by atoms with E-state index in [9.17, 15) is 0 Å². The molecule has 1 unspecified atom stereocenters. The molecule has 0 bridgehead atoms. The van der Waals surface area contributed by atoms with Gasteiger partial charge in [0.05, 0.1) is 6.61 Å². The van der Waals surface area contributed by atoms with Crippen LogP contribution in [0, 0.1) is 5.92 Å². The van der Waals surface area contributed by atoms with Gasteiger partial charge in [-0.2, -0.15) is 0 Å². The van der Waals surface area contributed by atoms with E-state index >= 15 is 0 Å². The van der Waals surface area contributed by atoms with Gasteiger partial charge >= 0.3 is 0 Å². The van der Waals surface area contributed by atoms with Crippen LogP contribution in [-0.4, -0.2) is 30.5 Å². The van der Waals surface area contributed by atoms with E-state index in [1.165, 1.54) is 0 Å². The fourth-order valence-electron chi connectivity index (χ4n) is 0.976. The second-order valence-corrected chi connectivity index (χ2v) is 4.38. The summed E-state index contributed by atoms with van der Waals surface area (Å²) in [6, 6.07) is 0. The largest absolute Gasteiger partial charge is 0.394 e. The Balaban J connectivity index is 3.26. The average Bonchev–Trinajstić information content (AvgIpc) is 2.03. The molecule has 0 aliphatic rings. The smallest absolute Gasteiger partial charge is 0.0608 e. The van der Waals surface area contributed by atoms with Gasteiger partial charge in [0, 0.05) is 18.8 Å². The van der Waals surface area contributed by atoms with E-state index < -0.39 is 5.54 Å². The molecule has 3 nitrogen and oxygen atoms in total. The Morgan fingerprint density at radius 2 is 2.08 bits per heavy atom. The van der Waals surface area contributed by atoms with Crippen molar-refractivity contribution in [3.8, 4) is 0 Å². The molecule has 0 aromatic rings. The van der Waals surface area contributed by atoms with Crippen LogP contribution in [0.25, 0.3) is 0 Å². The quantitative estimate of drug-likeness (QED) is 0.591. The van der Waals surface area contributed by atoms with Crippen molar-refractivity contribution in [2.24, 2.45) is 11.7 Å². The zero-order valence-electron chi connectivity index (χ0n) is 9.05. The second-order valence-electron chi connectivity index (χ2n) is 4.38. The molecule has 0 aromatic heterocycles. The van der Waals surface area contributed by atoms with Gasteiger partial charge in [0.2, 0.25) is 0 Å². The Bertz CT molecular complexity index is 124. The maximum absolute atomic E-state index is 8.87. The Kier molecular flexibility index (Phi) is 6.29. The van der Waals surface area contributed by atoms with Gasteiger partial charge < -0.3 is 15.6 Å². The van der Waals surface area contributed by atoms with Gasteiger partial charge in [-0.15, -0.1) is 0 Å². The third-order valence-corrected chi connectivity index (χ3v) is 1.85. The molecule has 0 fully saturated rings. The molecule has 0 radical (unpaired) electrons. The molecule has 1 atom stereocenters. The number of aliphatic hydroxyl groups excluding tert-OH is 1. The van der Waals surface area contributed by atoms with Gasteiger partial charge in [0.15, 0.2) is 0 Å². The van der Waals surface area contributed by atoms with Crippen LogP contribution < -0.4 is 5.73 Å². The lowest BCUT2D eigenvalue weighted by atomic mass is 9.99. The van der Waals surface area contributed by atoms with Gasteiger partial charge in [-0.1, -0.05) is 13.8 Å². The second kappa shape index (κ2) is 6.35. The summed E-state index contributed by atoms with van der Waals surface area (Å²) in [4.78, 5) is 0. The molecule has 3 heteroatoms. The third kappa shape index (κ3) is 8.22. The Labute approximate surface area is 81.3 Å². The fourth-order valence-corrected chi connectivity index (χ4v) is 0.976. The third-order valence-electron chi connectivity index (χ3n) is 1.85. The van der Waals surface area contributed by atoms with E-state index in [4.69, 9.17) is 15.6 Å². The fraction of sp³-hybridized carbons (Fsp3) is 1.00. The minimum atomic E-state index is -0.443. The highest BCUT2D eigenvalue weighted by Gasteiger charge is 2.15. The summed E-state index contributed by atoms with van der Waals surface area (Å²) in [5.41, 5.74) is 5.31. The van der Waals surface area contributed by atoms with Crippen LogP contribution in [0.1, 0.15) is 33.6 Å². The molecule has 0 spiro atoms. The van der Waals surface area contributed by atoms with Crippen molar-refractivity contribution in [3.63, 3.8) is 0 Å². The molecule has 13 heavy (non-hydrogen) atoms. The summed E-state index contributed by atoms with van der Waals surface area (Å²) in [6.07, 6.45) is 1.72. The van der Waals surface area contributed by atoms with Crippen molar-refractivity contribution in [1.82, 2.24) is 0 Å². The minimum Gasteiger partial charge on any atom is -0.394 e. The zero-order chi connectivity index (χ0) is 10.3. The summed E-state index contributed by atoms with van der Waals surface area (Å²) in [6.45, 7) is 7.69. The molecule has 0 saturated heterocycles. The summed E-state index contributed by atoms with van der Waals surface area (Å²) >= 11 is 0. The van der Waals surface area contributed by atoms with Gasteiger partial charge in [-0.25, -0.2) is 0 Å². The van der Waals surface area contributed by atoms with Crippen LogP contribution in [0.3, 0.4) is 0 Å². The molecule has 0 rings (SSSR count). The van der Waals surface area contributed by atoms with E-state index in [1.54, 1.807) is 0 Å². The summed E-state index contributed by atoms with van der Waals surface area (Å²) < 4.78 is 5.40. The van der Waals surface area contributed by atoms with Crippen LogP contribution in [0.5, 0.6) is 0 Å². The lowest BCUT2D eigenvalue weighted by Crippen LogP contribution is -2.40. The summed E-state index contributed by atoms with van der Waals surface area (Å²) in [5.74, 6) is 0.585. The standard InChI is InChI=1S/C10H23NO2/c1-9(2)7-13-6-4-5-10(3,11)8-12/h9,12H,4-8,11H2,1-3H3. The molecule has 0 heterocycles. The van der Waals surface area contributed by atoms with Gasteiger partial charge in [0.25, 0.3) is 0 Å². The van der Waals surface area contributed by atoms with Crippen LogP contribution in [-0.2, 0) is 4.74 Å². The average molecular weight is 189 g/mol. The first kappa shape index (κ1) is 12.9. The number of aliphatic hydroxyl groups is 1. The van der Waals surface area contributed by atoms with Gasteiger partial charge in [-0.05, 0) is 25.7 Å². The number of nitrogens with two attached hydrogens (primary N) is 1. The minimum absolute atomic E-state index is 0.0389. The zero-order valence-corrected chi connectivity index (χ0v) is 9.05. The topological polar surface area (TPSA) is 55.5 Å². The molecule has 3 N–H and O–H groups in total. The number of hydrogen-bond donors (Lipinski definition) is 2. The molecule has 0 aliphatic heterocycles. The van der Waals surface area contributed by atoms with Crippen LogP contribution in [0.2, 0.25) is 0 Å². The number of rotatable bonds is 7. The monoisotopic (exact) mass is 189 g/mol. The van der Waals surface area contributed by atoms with Crippen molar-refractivity contribution < 1.29 is 9.84 Å². The van der Waals surface area contributed by atoms with E-state index in [-0.39, 0.29) is 6.61 Å². The molecule has 0 saturated carbocycles. The van der Waals surface area contributed by atoms with E-state index in [0.717, 1.165) is 26.1 Å². The lowest BCUT2D eigenvalue weighted by molar-refractivity contribution is 0.0981. The Hall–Kier alpha value is -0.120. The van der Waals surface area contributed by atoms with E-state index in [1.807, 2.05) is 6.92 Å². The Morgan fingerprint density at radius 1 is 1.46 bits per heavy atom. The van der Waals surface area contributed by atoms with Gasteiger partial charge in [0.1, 0.15) is 0 Å². The maximum Gasteiger partial charge on any atom is 0.0608 e. The van der Waals surface area contributed by atoms with Crippen molar-refractivity contribution in [2.45, 2.75) is 39.2 Å². The molecule has 0 aromatic carbocycles. The first-order chi connectivity index (χ1) is 5.98. The van der Waals surface area contributed by atoms with Crippen molar-refractivity contribution >= 4 is 0 Å². The first-order valence-corrected chi connectivity index (χ1v) is 4.95. The molecular formula is C10H23NO2. The van der Waals surface area contributed by atoms with Crippen molar-refractivity contribution in [3.05, 3.63) is 0 Å². The highest BCUT2D eigenvalue weighted by Crippen LogP contribution is 2.07. The maximum atomic E-state index is 8.87. The Morgan fingerprint density at radius 3 is 2.54 bits per heavy atom. The first-order valence-electron chi connectivity index (χ1n) is 4.95. The molecule has 80 valence electrons. The predicted octanol–water partition coefficient (Wildman–Crippen LogP) is 1.15. The van der Waals surface area contributed by atoms with Crippen molar-refractivity contribution in [1.29, 1.82) is 0 Å². The summed E-state index contributed by atoms with van der Waals surface area (Å²) in [7, 11) is 0. The van der Waals surface area contributed by atoms with Crippen molar-refractivity contribution in [2.75, 3.05) is 19.8 Å². The molecular weight excluding hydrogens is 166 g/mol. The highest BCUT2D eigenvalue weighted by atomic mass is 16.5. The number of hydrogen-bond acceptors (Lipinski definition) is 3. The van der Waals surface area contributed by atoms with E-state index in [0.29, 0.717) is 5.92 Å². The molecule has 0 amide bonds.